The minimum atomic E-state index is -0.219. The van der Waals surface area contributed by atoms with E-state index in [1.54, 1.807) is 7.11 Å². The number of aromatic nitrogens is 3. The number of benzene rings is 1. The van der Waals surface area contributed by atoms with E-state index in [2.05, 4.69) is 19.9 Å². The van der Waals surface area contributed by atoms with Crippen LogP contribution in [0.15, 0.2) is 40.3 Å². The lowest BCUT2D eigenvalue weighted by molar-refractivity contribution is -0.128. The van der Waals surface area contributed by atoms with Crippen molar-refractivity contribution >= 4 is 34.4 Å². The highest BCUT2D eigenvalue weighted by Gasteiger charge is 2.23. The topological polar surface area (TPSA) is 94.3 Å². The van der Waals surface area contributed by atoms with E-state index >= 15 is 0 Å². The van der Waals surface area contributed by atoms with Crippen molar-refractivity contribution in [1.82, 2.24) is 19.9 Å². The number of aromatic amines is 2. The second-order valence-electron chi connectivity index (χ2n) is 6.91. The predicted octanol–water partition coefficient (Wildman–Crippen LogP) is 2.01. The molecular formula is C20H23N5O3S. The SMILES string of the molecule is COc1ccccc1N1CCN(C(=O)CSc2nc3cc(C)[nH]c3c(=O)[nH]2)CC1. The molecule has 1 aliphatic heterocycles. The number of H-pyrrole nitrogens is 2. The molecule has 1 amide bonds. The number of ether oxygens (including phenoxy) is 1. The minimum absolute atomic E-state index is 0.0441. The van der Waals surface area contributed by atoms with Gasteiger partial charge in [-0.3, -0.25) is 14.6 Å². The molecule has 0 saturated carbocycles. The number of nitrogens with zero attached hydrogens (tertiary/aromatic N) is 3. The van der Waals surface area contributed by atoms with Gasteiger partial charge in [-0.1, -0.05) is 23.9 Å². The number of para-hydroxylation sites is 2. The molecule has 8 nitrogen and oxygen atoms in total. The predicted molar refractivity (Wildman–Crippen MR) is 114 cm³/mol. The van der Waals surface area contributed by atoms with Crippen LogP contribution in [0.25, 0.3) is 11.0 Å². The molecule has 152 valence electrons. The highest BCUT2D eigenvalue weighted by molar-refractivity contribution is 7.99. The molecule has 29 heavy (non-hydrogen) atoms. The molecule has 0 unspecified atom stereocenters. The van der Waals surface area contributed by atoms with Crippen molar-refractivity contribution < 1.29 is 9.53 Å². The summed E-state index contributed by atoms with van der Waals surface area (Å²) in [6, 6.07) is 9.74. The largest absolute Gasteiger partial charge is 0.495 e. The van der Waals surface area contributed by atoms with Crippen LogP contribution in [0.1, 0.15) is 5.69 Å². The molecule has 1 aromatic carbocycles. The van der Waals surface area contributed by atoms with E-state index in [1.807, 2.05) is 42.2 Å². The Labute approximate surface area is 172 Å². The number of anilines is 1. The van der Waals surface area contributed by atoms with Gasteiger partial charge in [-0.05, 0) is 25.1 Å². The lowest BCUT2D eigenvalue weighted by atomic mass is 10.2. The van der Waals surface area contributed by atoms with Crippen LogP contribution >= 0.6 is 11.8 Å². The fourth-order valence-corrected chi connectivity index (χ4v) is 4.28. The quantitative estimate of drug-likeness (QED) is 0.491. The number of piperazine rings is 1. The number of thioether (sulfide) groups is 1. The van der Waals surface area contributed by atoms with Gasteiger partial charge in [-0.2, -0.15) is 0 Å². The maximum absolute atomic E-state index is 12.6. The standard InChI is InChI=1S/C20H23N5O3S/c1-13-11-14-18(21-13)19(27)23-20(22-14)29-12-17(26)25-9-7-24(8-10-25)15-5-3-4-6-16(15)28-2/h3-6,11,21H,7-10,12H2,1-2H3,(H,22,23,27). The van der Waals surface area contributed by atoms with Crippen LogP contribution in [0.4, 0.5) is 5.69 Å². The number of amides is 1. The summed E-state index contributed by atoms with van der Waals surface area (Å²) >= 11 is 1.26. The molecule has 0 aliphatic carbocycles. The molecule has 2 N–H and O–H groups in total. The molecule has 0 bridgehead atoms. The third-order valence-corrected chi connectivity index (χ3v) is 5.85. The van der Waals surface area contributed by atoms with Gasteiger partial charge in [-0.25, -0.2) is 4.98 Å². The smallest absolute Gasteiger partial charge is 0.275 e. The number of rotatable bonds is 5. The second-order valence-corrected chi connectivity index (χ2v) is 7.88. The fourth-order valence-electron chi connectivity index (χ4n) is 3.51. The van der Waals surface area contributed by atoms with Crippen molar-refractivity contribution in [2.75, 3.05) is 43.9 Å². The van der Waals surface area contributed by atoms with Crippen molar-refractivity contribution in [2.45, 2.75) is 12.1 Å². The number of carbonyl (C=O) groups excluding carboxylic acids is 1. The van der Waals surface area contributed by atoms with Crippen LogP contribution in [0.2, 0.25) is 0 Å². The Morgan fingerprint density at radius 2 is 1.97 bits per heavy atom. The van der Waals surface area contributed by atoms with E-state index in [1.165, 1.54) is 11.8 Å². The molecule has 9 heteroatoms. The molecule has 1 aliphatic rings. The van der Waals surface area contributed by atoms with Gasteiger partial charge < -0.3 is 19.5 Å². The molecule has 3 aromatic rings. The number of methoxy groups -OCH3 is 1. The zero-order chi connectivity index (χ0) is 20.4. The lowest BCUT2D eigenvalue weighted by Crippen LogP contribution is -2.49. The van der Waals surface area contributed by atoms with E-state index in [0.29, 0.717) is 29.3 Å². The maximum Gasteiger partial charge on any atom is 0.275 e. The molecule has 4 rings (SSSR count). The van der Waals surface area contributed by atoms with Gasteiger partial charge in [0.05, 0.1) is 24.1 Å². The van der Waals surface area contributed by atoms with Gasteiger partial charge in [0, 0.05) is 31.9 Å². The summed E-state index contributed by atoms with van der Waals surface area (Å²) in [6.45, 7) is 4.68. The molecule has 3 heterocycles. The van der Waals surface area contributed by atoms with Crippen LogP contribution in [-0.2, 0) is 4.79 Å². The van der Waals surface area contributed by atoms with E-state index in [-0.39, 0.29) is 17.2 Å². The Bertz CT molecular complexity index is 1090. The van der Waals surface area contributed by atoms with Crippen LogP contribution in [0.3, 0.4) is 0 Å². The minimum Gasteiger partial charge on any atom is -0.495 e. The molecule has 0 radical (unpaired) electrons. The first-order chi connectivity index (χ1) is 14.0. The van der Waals surface area contributed by atoms with Gasteiger partial charge in [0.15, 0.2) is 5.16 Å². The van der Waals surface area contributed by atoms with Crippen molar-refractivity contribution in [3.05, 3.63) is 46.4 Å². The normalized spacial score (nSPS) is 14.4. The van der Waals surface area contributed by atoms with Crippen molar-refractivity contribution in [2.24, 2.45) is 0 Å². The number of nitrogens with one attached hydrogen (secondary N) is 2. The van der Waals surface area contributed by atoms with Crippen LogP contribution in [0, 0.1) is 6.92 Å². The Hall–Kier alpha value is -2.94. The zero-order valence-corrected chi connectivity index (χ0v) is 17.2. The van der Waals surface area contributed by atoms with Gasteiger partial charge in [-0.15, -0.1) is 0 Å². The summed E-state index contributed by atoms with van der Waals surface area (Å²) in [5.74, 6) is 1.13. The second kappa shape index (κ2) is 8.20. The van der Waals surface area contributed by atoms with Crippen LogP contribution in [0.5, 0.6) is 5.75 Å². The van der Waals surface area contributed by atoms with E-state index < -0.39 is 0 Å². The molecule has 2 aromatic heterocycles. The first-order valence-electron chi connectivity index (χ1n) is 9.43. The van der Waals surface area contributed by atoms with Gasteiger partial charge in [0.2, 0.25) is 5.91 Å². The summed E-state index contributed by atoms with van der Waals surface area (Å²) in [5.41, 5.74) is 2.79. The van der Waals surface area contributed by atoms with Crippen molar-refractivity contribution in [3.8, 4) is 5.75 Å². The lowest BCUT2D eigenvalue weighted by Gasteiger charge is -2.36. The summed E-state index contributed by atoms with van der Waals surface area (Å²) in [7, 11) is 1.67. The fraction of sp³-hybridized carbons (Fsp3) is 0.350. The van der Waals surface area contributed by atoms with Crippen LogP contribution in [-0.4, -0.2) is 64.8 Å². The average molecular weight is 414 g/mol. The molecular weight excluding hydrogens is 390 g/mol. The molecule has 1 saturated heterocycles. The molecule has 1 fully saturated rings. The Morgan fingerprint density at radius 3 is 2.72 bits per heavy atom. The van der Waals surface area contributed by atoms with Gasteiger partial charge >= 0.3 is 0 Å². The van der Waals surface area contributed by atoms with Gasteiger partial charge in [0.25, 0.3) is 5.56 Å². The Balaban J connectivity index is 1.35. The monoisotopic (exact) mass is 413 g/mol. The molecule has 0 atom stereocenters. The average Bonchev–Trinajstić information content (AvgIpc) is 3.13. The third kappa shape index (κ3) is 4.09. The number of hydrogen-bond donors (Lipinski definition) is 2. The summed E-state index contributed by atoms with van der Waals surface area (Å²) in [5, 5.41) is 0.461. The Morgan fingerprint density at radius 1 is 1.21 bits per heavy atom. The Kier molecular flexibility index (Phi) is 5.48. The van der Waals surface area contributed by atoms with Crippen LogP contribution < -0.4 is 15.2 Å². The van der Waals surface area contributed by atoms with Crippen molar-refractivity contribution in [3.63, 3.8) is 0 Å². The van der Waals surface area contributed by atoms with E-state index in [4.69, 9.17) is 4.74 Å². The number of hydrogen-bond acceptors (Lipinski definition) is 6. The first kappa shape index (κ1) is 19.4. The summed E-state index contributed by atoms with van der Waals surface area (Å²) in [6.07, 6.45) is 0. The number of aryl methyl sites for hydroxylation is 1. The van der Waals surface area contributed by atoms with Gasteiger partial charge in [0.1, 0.15) is 11.3 Å². The first-order valence-corrected chi connectivity index (χ1v) is 10.4. The summed E-state index contributed by atoms with van der Waals surface area (Å²) in [4.78, 5) is 39.0. The van der Waals surface area contributed by atoms with E-state index in [9.17, 15) is 9.59 Å². The highest BCUT2D eigenvalue weighted by atomic mass is 32.2. The molecule has 0 spiro atoms. The van der Waals surface area contributed by atoms with Crippen molar-refractivity contribution in [1.29, 1.82) is 0 Å². The third-order valence-electron chi connectivity index (χ3n) is 4.99. The number of carbonyl (C=O) groups is 1. The maximum atomic E-state index is 12.6. The number of fused-ring (bicyclic) bond motifs is 1. The zero-order valence-electron chi connectivity index (χ0n) is 16.4. The van der Waals surface area contributed by atoms with E-state index in [0.717, 1.165) is 30.2 Å². The highest BCUT2D eigenvalue weighted by Crippen LogP contribution is 2.28. The summed E-state index contributed by atoms with van der Waals surface area (Å²) < 4.78 is 5.44.